The van der Waals surface area contributed by atoms with Gasteiger partial charge in [-0.25, -0.2) is 4.39 Å². The molecule has 0 aromatic heterocycles. The predicted octanol–water partition coefficient (Wildman–Crippen LogP) is 2.97. The molecule has 0 N–H and O–H groups in total. The van der Waals surface area contributed by atoms with Gasteiger partial charge < -0.3 is 14.4 Å². The molecule has 2 aliphatic rings. The Bertz CT molecular complexity index is 674. The molecule has 27 heavy (non-hydrogen) atoms. The zero-order valence-electron chi connectivity index (χ0n) is 15.9. The third-order valence-corrected chi connectivity index (χ3v) is 5.65. The van der Waals surface area contributed by atoms with Gasteiger partial charge in [-0.15, -0.1) is 0 Å². The van der Waals surface area contributed by atoms with Gasteiger partial charge in [0.1, 0.15) is 5.82 Å². The molecule has 2 aliphatic heterocycles. The molecule has 0 spiro atoms. The van der Waals surface area contributed by atoms with E-state index in [-0.39, 0.29) is 43.2 Å². The molecule has 5 nitrogen and oxygen atoms in total. The van der Waals surface area contributed by atoms with Crippen LogP contribution in [0.3, 0.4) is 0 Å². The fourth-order valence-corrected chi connectivity index (χ4v) is 4.20. The summed E-state index contributed by atoms with van der Waals surface area (Å²) in [6.45, 7) is 4.16. The monoisotopic (exact) mass is 377 g/mol. The summed E-state index contributed by atoms with van der Waals surface area (Å²) >= 11 is 0. The molecule has 0 unspecified atom stereocenters. The van der Waals surface area contributed by atoms with E-state index in [9.17, 15) is 14.0 Å². The van der Waals surface area contributed by atoms with Crippen LogP contribution in [-0.4, -0.2) is 49.7 Å². The van der Waals surface area contributed by atoms with Crippen molar-refractivity contribution in [2.75, 3.05) is 32.9 Å². The summed E-state index contributed by atoms with van der Waals surface area (Å²) in [6, 6.07) is 6.51. The number of esters is 1. The van der Waals surface area contributed by atoms with E-state index in [1.54, 1.807) is 30.0 Å². The fraction of sp³-hybridized carbons (Fsp3) is 0.619. The molecule has 2 fully saturated rings. The number of nitrogens with zero attached hydrogens (tertiary/aromatic N) is 1. The van der Waals surface area contributed by atoms with Crippen molar-refractivity contribution in [3.63, 3.8) is 0 Å². The Balaban J connectivity index is 1.82. The van der Waals surface area contributed by atoms with Crippen LogP contribution in [0.4, 0.5) is 4.39 Å². The van der Waals surface area contributed by atoms with Crippen LogP contribution in [0.25, 0.3) is 0 Å². The smallest absolute Gasteiger partial charge is 0.314 e. The van der Waals surface area contributed by atoms with E-state index in [1.165, 1.54) is 6.07 Å². The van der Waals surface area contributed by atoms with Gasteiger partial charge in [-0.1, -0.05) is 18.2 Å². The first kappa shape index (κ1) is 19.8. The van der Waals surface area contributed by atoms with E-state index in [4.69, 9.17) is 9.47 Å². The maximum Gasteiger partial charge on any atom is 0.314 e. The van der Waals surface area contributed by atoms with Gasteiger partial charge in [-0.3, -0.25) is 9.59 Å². The SMILES string of the molecule is CCOC(=O)[C@@]1(Cc2ccccc2F)CCCN(C(=O)C2CCOCC2)C1. The summed E-state index contributed by atoms with van der Waals surface area (Å²) < 4.78 is 25.0. The minimum absolute atomic E-state index is 0.0507. The predicted molar refractivity (Wildman–Crippen MR) is 98.5 cm³/mol. The Hall–Kier alpha value is -1.95. The standard InChI is InChI=1S/C21H28FNO4/c1-2-27-20(25)21(14-17-6-3-4-7-18(17)22)10-5-11-23(15-21)19(24)16-8-12-26-13-9-16/h3-4,6-7,16H,2,5,8-15H2,1H3/t21-/m1/s1. The fourth-order valence-electron chi connectivity index (χ4n) is 4.20. The van der Waals surface area contributed by atoms with Crippen LogP contribution in [0, 0.1) is 17.2 Å². The number of halogens is 1. The van der Waals surface area contributed by atoms with E-state index in [2.05, 4.69) is 0 Å². The molecule has 0 aliphatic carbocycles. The average molecular weight is 377 g/mol. The van der Waals surface area contributed by atoms with Crippen molar-refractivity contribution in [1.82, 2.24) is 4.90 Å². The highest BCUT2D eigenvalue weighted by molar-refractivity contribution is 5.82. The van der Waals surface area contributed by atoms with E-state index >= 15 is 0 Å². The normalized spacial score (nSPS) is 23.9. The highest BCUT2D eigenvalue weighted by atomic mass is 19.1. The second-order valence-electron chi connectivity index (χ2n) is 7.52. The highest BCUT2D eigenvalue weighted by Gasteiger charge is 2.46. The number of rotatable bonds is 5. The van der Waals surface area contributed by atoms with Crippen LogP contribution in [0.5, 0.6) is 0 Å². The lowest BCUT2D eigenvalue weighted by Crippen LogP contribution is -2.53. The quantitative estimate of drug-likeness (QED) is 0.741. The number of benzene rings is 1. The largest absolute Gasteiger partial charge is 0.466 e. The van der Waals surface area contributed by atoms with E-state index in [0.29, 0.717) is 38.2 Å². The Morgan fingerprint density at radius 1 is 1.30 bits per heavy atom. The van der Waals surface area contributed by atoms with Crippen LogP contribution in [0.15, 0.2) is 24.3 Å². The molecule has 6 heteroatoms. The number of piperidine rings is 1. The molecular weight excluding hydrogens is 349 g/mol. The van der Waals surface area contributed by atoms with E-state index in [1.807, 2.05) is 0 Å². The minimum Gasteiger partial charge on any atom is -0.466 e. The first-order chi connectivity index (χ1) is 13.1. The number of ether oxygens (including phenoxy) is 2. The molecule has 2 saturated heterocycles. The molecule has 1 aromatic rings. The molecule has 2 heterocycles. The highest BCUT2D eigenvalue weighted by Crippen LogP contribution is 2.37. The van der Waals surface area contributed by atoms with Crippen molar-refractivity contribution in [2.45, 2.75) is 39.0 Å². The maximum atomic E-state index is 14.3. The van der Waals surface area contributed by atoms with Gasteiger partial charge in [0.15, 0.2) is 0 Å². The molecule has 1 amide bonds. The Labute approximate surface area is 159 Å². The number of hydrogen-bond acceptors (Lipinski definition) is 4. The van der Waals surface area contributed by atoms with Gasteiger partial charge in [-0.05, 0) is 50.7 Å². The molecular formula is C21H28FNO4. The van der Waals surface area contributed by atoms with Crippen molar-refractivity contribution >= 4 is 11.9 Å². The zero-order valence-corrected chi connectivity index (χ0v) is 15.9. The van der Waals surface area contributed by atoms with Gasteiger partial charge in [-0.2, -0.15) is 0 Å². The summed E-state index contributed by atoms with van der Waals surface area (Å²) in [5.74, 6) is -0.628. The minimum atomic E-state index is -0.892. The van der Waals surface area contributed by atoms with Crippen LogP contribution in [0.2, 0.25) is 0 Å². The Kier molecular flexibility index (Phi) is 6.47. The maximum absolute atomic E-state index is 14.3. The van der Waals surface area contributed by atoms with Gasteiger partial charge in [0.25, 0.3) is 0 Å². The molecule has 148 valence electrons. The number of likely N-dealkylation sites (tertiary alicyclic amines) is 1. The number of hydrogen-bond donors (Lipinski definition) is 0. The van der Waals surface area contributed by atoms with Gasteiger partial charge >= 0.3 is 5.97 Å². The summed E-state index contributed by atoms with van der Waals surface area (Å²) in [6.07, 6.45) is 2.99. The number of carbonyl (C=O) groups excluding carboxylic acids is 2. The van der Waals surface area contributed by atoms with Crippen LogP contribution in [-0.2, 0) is 25.5 Å². The molecule has 1 aromatic carbocycles. The lowest BCUT2D eigenvalue weighted by atomic mass is 9.74. The van der Waals surface area contributed by atoms with Gasteiger partial charge in [0.05, 0.1) is 12.0 Å². The average Bonchev–Trinajstić information content (AvgIpc) is 2.70. The van der Waals surface area contributed by atoms with Gasteiger partial charge in [0, 0.05) is 32.2 Å². The van der Waals surface area contributed by atoms with Crippen molar-refractivity contribution in [2.24, 2.45) is 11.3 Å². The van der Waals surface area contributed by atoms with Crippen molar-refractivity contribution in [1.29, 1.82) is 0 Å². The number of carbonyl (C=O) groups is 2. The molecule has 0 radical (unpaired) electrons. The summed E-state index contributed by atoms with van der Waals surface area (Å²) in [4.78, 5) is 27.7. The first-order valence-electron chi connectivity index (χ1n) is 9.83. The van der Waals surface area contributed by atoms with Crippen LogP contribution >= 0.6 is 0 Å². The zero-order chi connectivity index (χ0) is 19.3. The summed E-state index contributed by atoms with van der Waals surface area (Å²) in [5, 5.41) is 0. The van der Waals surface area contributed by atoms with Crippen LogP contribution in [0.1, 0.15) is 38.2 Å². The first-order valence-corrected chi connectivity index (χ1v) is 9.83. The van der Waals surface area contributed by atoms with Gasteiger partial charge in [0.2, 0.25) is 5.91 Å². The third-order valence-electron chi connectivity index (χ3n) is 5.65. The van der Waals surface area contributed by atoms with Crippen LogP contribution < -0.4 is 0 Å². The second-order valence-corrected chi connectivity index (χ2v) is 7.52. The Morgan fingerprint density at radius 2 is 2.04 bits per heavy atom. The lowest BCUT2D eigenvalue weighted by Gasteiger charge is -2.42. The van der Waals surface area contributed by atoms with Crippen molar-refractivity contribution < 1.29 is 23.5 Å². The van der Waals surface area contributed by atoms with Crippen molar-refractivity contribution in [3.8, 4) is 0 Å². The summed E-state index contributed by atoms with van der Waals surface area (Å²) in [5.41, 5.74) is -0.400. The lowest BCUT2D eigenvalue weighted by molar-refractivity contribution is -0.162. The molecule has 0 saturated carbocycles. The molecule has 1 atom stereocenters. The third kappa shape index (κ3) is 4.49. The second kappa shape index (κ2) is 8.83. The Morgan fingerprint density at radius 3 is 2.74 bits per heavy atom. The van der Waals surface area contributed by atoms with E-state index < -0.39 is 5.41 Å². The summed E-state index contributed by atoms with van der Waals surface area (Å²) in [7, 11) is 0. The van der Waals surface area contributed by atoms with E-state index in [0.717, 1.165) is 12.8 Å². The van der Waals surface area contributed by atoms with Crippen molar-refractivity contribution in [3.05, 3.63) is 35.6 Å². The topological polar surface area (TPSA) is 55.8 Å². The number of amides is 1. The molecule has 3 rings (SSSR count). The molecule has 0 bridgehead atoms.